The number of hydrogen-bond donors (Lipinski definition) is 1. The highest BCUT2D eigenvalue weighted by Gasteiger charge is 2.24. The van der Waals surface area contributed by atoms with E-state index < -0.39 is 0 Å². The predicted molar refractivity (Wildman–Crippen MR) is 107 cm³/mol. The van der Waals surface area contributed by atoms with Gasteiger partial charge in [0.25, 0.3) is 5.89 Å². The summed E-state index contributed by atoms with van der Waals surface area (Å²) in [5.74, 6) is 1.07. The van der Waals surface area contributed by atoms with E-state index in [9.17, 15) is 0 Å². The summed E-state index contributed by atoms with van der Waals surface area (Å²) in [4.78, 5) is 13.1. The lowest BCUT2D eigenvalue weighted by molar-refractivity contribution is 0.423. The molecule has 0 bridgehead atoms. The minimum Gasteiger partial charge on any atom is -0.334 e. The fraction of sp³-hybridized carbons (Fsp3) is 0.250. The van der Waals surface area contributed by atoms with Crippen molar-refractivity contribution in [2.75, 3.05) is 0 Å². The summed E-state index contributed by atoms with van der Waals surface area (Å²) in [6.45, 7) is 6.21. The van der Waals surface area contributed by atoms with Crippen LogP contribution in [0.25, 0.3) is 11.5 Å². The average molecular weight is 392 g/mol. The lowest BCUT2D eigenvalue weighted by Crippen LogP contribution is -2.02. The topological polar surface area (TPSA) is 93.4 Å². The molecule has 0 radical (unpaired) electrons. The Labute approximate surface area is 167 Å². The molecule has 0 saturated carbocycles. The Kier molecular flexibility index (Phi) is 5.21. The second-order valence-corrected chi connectivity index (χ2v) is 7.57. The van der Waals surface area contributed by atoms with Gasteiger partial charge in [0.15, 0.2) is 11.0 Å². The third-order valence-electron chi connectivity index (χ3n) is 4.49. The fourth-order valence-corrected chi connectivity index (χ4v) is 3.97. The quantitative estimate of drug-likeness (QED) is 0.489. The molecule has 3 aromatic heterocycles. The first-order valence-corrected chi connectivity index (χ1v) is 9.90. The first-order chi connectivity index (χ1) is 13.6. The first-order valence-electron chi connectivity index (χ1n) is 9.02. The fourth-order valence-electron chi connectivity index (χ4n) is 3.05. The summed E-state index contributed by atoms with van der Waals surface area (Å²) in [6, 6.07) is 10.2. The van der Waals surface area contributed by atoms with Crippen molar-refractivity contribution in [1.29, 1.82) is 0 Å². The van der Waals surface area contributed by atoms with E-state index in [-0.39, 0.29) is 5.25 Å². The first kappa shape index (κ1) is 18.4. The number of benzene rings is 1. The number of aromatic nitrogens is 6. The maximum Gasteiger partial charge on any atom is 0.258 e. The van der Waals surface area contributed by atoms with Gasteiger partial charge in [-0.3, -0.25) is 10.1 Å². The Morgan fingerprint density at radius 1 is 1.14 bits per heavy atom. The van der Waals surface area contributed by atoms with Gasteiger partial charge in [-0.15, -0.1) is 0 Å². The molecule has 1 atom stereocenters. The van der Waals surface area contributed by atoms with Crippen LogP contribution in [0.15, 0.2) is 52.5 Å². The highest BCUT2D eigenvalue weighted by molar-refractivity contribution is 7.99. The van der Waals surface area contributed by atoms with Crippen LogP contribution in [0, 0.1) is 13.8 Å². The third-order valence-corrected chi connectivity index (χ3v) is 5.63. The summed E-state index contributed by atoms with van der Waals surface area (Å²) in [7, 11) is 0. The van der Waals surface area contributed by atoms with Crippen molar-refractivity contribution in [2.45, 2.75) is 37.6 Å². The molecule has 0 fully saturated rings. The van der Waals surface area contributed by atoms with E-state index in [1.165, 1.54) is 29.2 Å². The number of rotatable bonds is 6. The van der Waals surface area contributed by atoms with E-state index in [1.54, 1.807) is 6.20 Å². The van der Waals surface area contributed by atoms with Crippen LogP contribution < -0.4 is 0 Å². The molecule has 0 aliphatic heterocycles. The third kappa shape index (κ3) is 3.82. The van der Waals surface area contributed by atoms with Gasteiger partial charge in [0, 0.05) is 17.5 Å². The van der Waals surface area contributed by atoms with Crippen LogP contribution >= 0.6 is 11.8 Å². The van der Waals surface area contributed by atoms with Crippen LogP contribution in [0.1, 0.15) is 40.4 Å². The molecular weight excluding hydrogens is 372 g/mol. The smallest absolute Gasteiger partial charge is 0.258 e. The van der Waals surface area contributed by atoms with Gasteiger partial charge < -0.3 is 4.52 Å². The molecule has 8 heteroatoms. The Balaban J connectivity index is 1.72. The van der Waals surface area contributed by atoms with Crippen LogP contribution in [0.2, 0.25) is 0 Å². The highest BCUT2D eigenvalue weighted by Crippen LogP contribution is 2.38. The monoisotopic (exact) mass is 392 g/mol. The standard InChI is InChI=1S/C20H20N6OS/c1-4-14-5-6-15(9-12(14)2)17(28-20-22-11-23-25-20)18-24-19(27-26-18)16-7-8-21-13(3)10-16/h5-11,17H,4H2,1-3H3,(H,22,23,25). The molecule has 1 N–H and O–H groups in total. The number of pyridine rings is 1. The Bertz CT molecular complexity index is 1080. The molecule has 4 rings (SSSR count). The second-order valence-electron chi connectivity index (χ2n) is 6.47. The summed E-state index contributed by atoms with van der Waals surface area (Å²) in [5.41, 5.74) is 5.42. The van der Waals surface area contributed by atoms with Crippen molar-refractivity contribution in [2.24, 2.45) is 0 Å². The summed E-state index contributed by atoms with van der Waals surface area (Å²) < 4.78 is 5.55. The Hall–Kier alpha value is -3.00. The lowest BCUT2D eigenvalue weighted by Gasteiger charge is -2.14. The summed E-state index contributed by atoms with van der Waals surface area (Å²) >= 11 is 1.51. The zero-order chi connectivity index (χ0) is 19.5. The molecule has 7 nitrogen and oxygen atoms in total. The van der Waals surface area contributed by atoms with Crippen LogP contribution in [-0.2, 0) is 6.42 Å². The van der Waals surface area contributed by atoms with Crippen molar-refractivity contribution < 1.29 is 4.52 Å². The number of H-pyrrole nitrogens is 1. The van der Waals surface area contributed by atoms with Crippen LogP contribution in [0.4, 0.5) is 0 Å². The molecule has 0 aliphatic rings. The average Bonchev–Trinajstić information content (AvgIpc) is 3.38. The molecule has 0 saturated heterocycles. The van der Waals surface area contributed by atoms with Gasteiger partial charge in [0.2, 0.25) is 0 Å². The minimum atomic E-state index is -0.169. The number of aromatic amines is 1. The largest absolute Gasteiger partial charge is 0.334 e. The maximum absolute atomic E-state index is 5.55. The van der Waals surface area contributed by atoms with Crippen molar-refractivity contribution >= 4 is 11.8 Å². The molecule has 0 amide bonds. The van der Waals surface area contributed by atoms with E-state index in [0.717, 1.165) is 23.2 Å². The van der Waals surface area contributed by atoms with Crippen LogP contribution in [0.3, 0.4) is 0 Å². The molecule has 4 aromatic rings. The lowest BCUT2D eigenvalue weighted by atomic mass is 10.0. The minimum absolute atomic E-state index is 0.169. The molecule has 3 heterocycles. The normalized spacial score (nSPS) is 12.2. The molecule has 142 valence electrons. The van der Waals surface area contributed by atoms with Gasteiger partial charge in [0.1, 0.15) is 11.6 Å². The Morgan fingerprint density at radius 3 is 2.75 bits per heavy atom. The molecule has 28 heavy (non-hydrogen) atoms. The van der Waals surface area contributed by atoms with Gasteiger partial charge in [-0.05, 0) is 49.1 Å². The number of aryl methyl sites for hydroxylation is 3. The predicted octanol–water partition coefficient (Wildman–Crippen LogP) is 4.31. The van der Waals surface area contributed by atoms with E-state index in [1.807, 2.05) is 19.1 Å². The van der Waals surface area contributed by atoms with Gasteiger partial charge >= 0.3 is 0 Å². The second kappa shape index (κ2) is 7.93. The van der Waals surface area contributed by atoms with Crippen LogP contribution in [-0.4, -0.2) is 30.3 Å². The number of thioether (sulfide) groups is 1. The molecule has 0 aliphatic carbocycles. The number of hydrogen-bond acceptors (Lipinski definition) is 7. The number of nitrogens with zero attached hydrogens (tertiary/aromatic N) is 5. The van der Waals surface area contributed by atoms with E-state index >= 15 is 0 Å². The van der Waals surface area contributed by atoms with Gasteiger partial charge in [0.05, 0.1) is 0 Å². The summed E-state index contributed by atoms with van der Waals surface area (Å²) in [5, 5.41) is 11.6. The summed E-state index contributed by atoms with van der Waals surface area (Å²) in [6.07, 6.45) is 4.23. The molecular formula is C20H20N6OS. The van der Waals surface area contributed by atoms with Crippen molar-refractivity contribution in [3.63, 3.8) is 0 Å². The highest BCUT2D eigenvalue weighted by atomic mass is 32.2. The molecule has 1 unspecified atom stereocenters. The zero-order valence-corrected chi connectivity index (χ0v) is 16.7. The van der Waals surface area contributed by atoms with E-state index in [2.05, 4.69) is 62.4 Å². The van der Waals surface area contributed by atoms with Crippen molar-refractivity contribution in [3.05, 3.63) is 71.1 Å². The van der Waals surface area contributed by atoms with Crippen molar-refractivity contribution in [3.8, 4) is 11.5 Å². The maximum atomic E-state index is 5.55. The molecule has 0 spiro atoms. The van der Waals surface area contributed by atoms with Gasteiger partial charge in [-0.2, -0.15) is 10.1 Å². The van der Waals surface area contributed by atoms with E-state index in [4.69, 9.17) is 4.52 Å². The van der Waals surface area contributed by atoms with Crippen molar-refractivity contribution in [1.82, 2.24) is 30.3 Å². The Morgan fingerprint density at radius 2 is 2.04 bits per heavy atom. The van der Waals surface area contributed by atoms with Crippen LogP contribution in [0.5, 0.6) is 0 Å². The van der Waals surface area contributed by atoms with Gasteiger partial charge in [-0.25, -0.2) is 4.98 Å². The number of nitrogens with one attached hydrogen (secondary N) is 1. The zero-order valence-electron chi connectivity index (χ0n) is 15.9. The van der Waals surface area contributed by atoms with E-state index in [0.29, 0.717) is 16.9 Å². The molecule has 1 aromatic carbocycles. The SMILES string of the molecule is CCc1ccc(C(Sc2ncn[nH]2)c2noc(-c3ccnc(C)c3)n2)cc1C. The van der Waals surface area contributed by atoms with Gasteiger partial charge in [-0.1, -0.05) is 42.0 Å².